The van der Waals surface area contributed by atoms with Crippen LogP contribution in [0.5, 0.6) is 0 Å². The van der Waals surface area contributed by atoms with Crippen LogP contribution in [-0.2, 0) is 4.74 Å². The van der Waals surface area contributed by atoms with Crippen LogP contribution in [0.4, 0.5) is 26.3 Å². The lowest BCUT2D eigenvalue weighted by atomic mass is 10.3. The molecule has 1 atom stereocenters. The largest absolute Gasteiger partial charge is 0.423 e. The lowest BCUT2D eigenvalue weighted by Gasteiger charge is -2.25. The number of rotatable bonds is 3. The average Bonchev–Trinajstić information content (AvgIpc) is 1.94. The molecule has 0 aromatic carbocycles. The molecule has 9 heteroatoms. The molecule has 0 radical (unpaired) electrons. The van der Waals surface area contributed by atoms with Crippen LogP contribution < -0.4 is 5.73 Å². The molecule has 0 amide bonds. The monoisotopic (exact) mass is 238 g/mol. The lowest BCUT2D eigenvalue weighted by Crippen LogP contribution is -2.48. The van der Waals surface area contributed by atoms with Gasteiger partial charge in [-0.2, -0.15) is 26.3 Å². The van der Waals surface area contributed by atoms with Crippen LogP contribution in [0.2, 0.25) is 0 Å². The van der Waals surface area contributed by atoms with Gasteiger partial charge in [0.1, 0.15) is 11.9 Å². The van der Waals surface area contributed by atoms with E-state index in [9.17, 15) is 26.3 Å². The summed E-state index contributed by atoms with van der Waals surface area (Å²) in [6.07, 6.45) is -16.8. The summed E-state index contributed by atoms with van der Waals surface area (Å²) in [5, 5.41) is 6.62. The smallest absolute Gasteiger partial charge is 0.385 e. The highest BCUT2D eigenvalue weighted by molar-refractivity contribution is 5.81. The molecule has 0 spiro atoms. The fourth-order valence-corrected chi connectivity index (χ4v) is 0.617. The Morgan fingerprint density at radius 1 is 1.13 bits per heavy atom. The molecule has 15 heavy (non-hydrogen) atoms. The predicted octanol–water partition coefficient (Wildman–Crippen LogP) is 1.82. The van der Waals surface area contributed by atoms with Crippen LogP contribution >= 0.6 is 0 Å². The number of amidine groups is 1. The van der Waals surface area contributed by atoms with Crippen molar-refractivity contribution in [3.05, 3.63) is 0 Å². The number of ether oxygens (including phenoxy) is 1. The van der Waals surface area contributed by atoms with Crippen LogP contribution in [0.3, 0.4) is 0 Å². The molecular formula is C6H8F6N2O. The predicted molar refractivity (Wildman–Crippen MR) is 38.4 cm³/mol. The molecule has 0 aromatic rings. The van der Waals surface area contributed by atoms with Gasteiger partial charge in [-0.15, -0.1) is 0 Å². The summed E-state index contributed by atoms with van der Waals surface area (Å²) in [5.41, 5.74) is 4.69. The Hall–Kier alpha value is -0.990. The highest BCUT2D eigenvalue weighted by atomic mass is 19.4. The van der Waals surface area contributed by atoms with Crippen LogP contribution in [0.1, 0.15) is 6.92 Å². The van der Waals surface area contributed by atoms with Gasteiger partial charge in [-0.3, -0.25) is 5.41 Å². The zero-order valence-corrected chi connectivity index (χ0v) is 7.41. The molecule has 0 fully saturated rings. The van der Waals surface area contributed by atoms with Gasteiger partial charge in [0.15, 0.2) is 0 Å². The van der Waals surface area contributed by atoms with E-state index >= 15 is 0 Å². The Labute approximate surface area is 80.7 Å². The second-order valence-electron chi connectivity index (χ2n) is 2.70. The van der Waals surface area contributed by atoms with E-state index in [4.69, 9.17) is 11.1 Å². The molecule has 90 valence electrons. The summed E-state index contributed by atoms with van der Waals surface area (Å²) in [6.45, 7) is 0.826. The van der Waals surface area contributed by atoms with Gasteiger partial charge >= 0.3 is 12.4 Å². The second-order valence-corrected chi connectivity index (χ2v) is 2.70. The van der Waals surface area contributed by atoms with Crippen LogP contribution in [0, 0.1) is 5.41 Å². The topological polar surface area (TPSA) is 59.1 Å². The first kappa shape index (κ1) is 14.0. The molecule has 0 saturated heterocycles. The maximum Gasteiger partial charge on any atom is 0.423 e. The number of hydrogen-bond acceptors (Lipinski definition) is 2. The molecule has 0 aliphatic rings. The quantitative estimate of drug-likeness (QED) is 0.447. The molecular weight excluding hydrogens is 230 g/mol. The van der Waals surface area contributed by atoms with Gasteiger partial charge in [-0.05, 0) is 6.92 Å². The molecule has 0 aliphatic heterocycles. The van der Waals surface area contributed by atoms with Gasteiger partial charge in [0.25, 0.3) is 0 Å². The summed E-state index contributed by atoms with van der Waals surface area (Å²) in [7, 11) is 0. The van der Waals surface area contributed by atoms with Gasteiger partial charge < -0.3 is 10.5 Å². The lowest BCUT2D eigenvalue weighted by molar-refractivity contribution is -0.325. The van der Waals surface area contributed by atoms with Gasteiger partial charge in [0.05, 0.1) is 0 Å². The Morgan fingerprint density at radius 2 is 1.47 bits per heavy atom. The van der Waals surface area contributed by atoms with Gasteiger partial charge in [0, 0.05) is 0 Å². The van der Waals surface area contributed by atoms with Crippen molar-refractivity contribution in [2.45, 2.75) is 31.5 Å². The highest BCUT2D eigenvalue weighted by Gasteiger charge is 2.58. The molecule has 0 aromatic heterocycles. The number of hydrogen-bond donors (Lipinski definition) is 2. The summed E-state index contributed by atoms with van der Waals surface area (Å²) in [5.74, 6) is -0.909. The van der Waals surface area contributed by atoms with Crippen molar-refractivity contribution in [2.75, 3.05) is 0 Å². The first-order valence-corrected chi connectivity index (χ1v) is 3.59. The van der Waals surface area contributed by atoms with E-state index in [1.54, 1.807) is 0 Å². The SMILES string of the molecule is CC(OC(C(F)(F)F)C(F)(F)F)C(=N)N. The number of halogens is 6. The molecule has 0 aliphatic carbocycles. The van der Waals surface area contributed by atoms with E-state index in [0.717, 1.165) is 6.92 Å². The molecule has 0 bridgehead atoms. The third-order valence-electron chi connectivity index (χ3n) is 1.37. The molecule has 0 saturated carbocycles. The Balaban J connectivity index is 4.77. The molecule has 0 heterocycles. The van der Waals surface area contributed by atoms with Crippen molar-refractivity contribution in [3.63, 3.8) is 0 Å². The summed E-state index contributed by atoms with van der Waals surface area (Å²) in [6, 6.07) is 0. The molecule has 1 unspecified atom stereocenters. The highest BCUT2D eigenvalue weighted by Crippen LogP contribution is 2.36. The van der Waals surface area contributed by atoms with Crippen molar-refractivity contribution in [2.24, 2.45) is 5.73 Å². The molecule has 3 N–H and O–H groups in total. The minimum absolute atomic E-state index is 0.826. The van der Waals surface area contributed by atoms with E-state index in [0.29, 0.717) is 0 Å². The van der Waals surface area contributed by atoms with E-state index in [-0.39, 0.29) is 0 Å². The van der Waals surface area contributed by atoms with Crippen LogP contribution in [0.15, 0.2) is 0 Å². The summed E-state index contributed by atoms with van der Waals surface area (Å²) < 4.78 is 74.9. The molecule has 0 rings (SSSR count). The number of alkyl halides is 6. The zero-order valence-electron chi connectivity index (χ0n) is 7.41. The number of nitrogens with one attached hydrogen (secondary N) is 1. The summed E-state index contributed by atoms with van der Waals surface area (Å²) >= 11 is 0. The fourth-order valence-electron chi connectivity index (χ4n) is 0.617. The maximum absolute atomic E-state index is 11.9. The average molecular weight is 238 g/mol. The first-order chi connectivity index (χ1) is 6.46. The first-order valence-electron chi connectivity index (χ1n) is 3.59. The third-order valence-corrected chi connectivity index (χ3v) is 1.37. The summed E-state index contributed by atoms with van der Waals surface area (Å²) in [4.78, 5) is 0. The van der Waals surface area contributed by atoms with Crippen molar-refractivity contribution < 1.29 is 31.1 Å². The Kier molecular flexibility index (Phi) is 3.97. The van der Waals surface area contributed by atoms with Crippen LogP contribution in [-0.4, -0.2) is 30.4 Å². The normalized spacial score (nSPS) is 15.5. The third kappa shape index (κ3) is 4.36. The maximum atomic E-state index is 11.9. The number of nitrogens with two attached hydrogens (primary N) is 1. The van der Waals surface area contributed by atoms with E-state index in [1.165, 1.54) is 0 Å². The standard InChI is InChI=1S/C6H8F6N2O/c1-2(3(13)14)15-4(5(7,8)9)6(10,11)12/h2,4H,1H3,(H3,13,14). The Bertz CT molecular complexity index is 221. The van der Waals surface area contributed by atoms with Crippen molar-refractivity contribution in [1.82, 2.24) is 0 Å². The van der Waals surface area contributed by atoms with Gasteiger partial charge in [-0.1, -0.05) is 0 Å². The molecule has 3 nitrogen and oxygen atoms in total. The van der Waals surface area contributed by atoms with Crippen molar-refractivity contribution >= 4 is 5.84 Å². The fraction of sp³-hybridized carbons (Fsp3) is 0.833. The van der Waals surface area contributed by atoms with Gasteiger partial charge in [0.2, 0.25) is 6.10 Å². The minimum atomic E-state index is -5.58. The van der Waals surface area contributed by atoms with E-state index in [1.807, 2.05) is 0 Å². The van der Waals surface area contributed by atoms with Crippen molar-refractivity contribution in [1.29, 1.82) is 5.41 Å². The van der Waals surface area contributed by atoms with E-state index < -0.39 is 30.4 Å². The second kappa shape index (κ2) is 4.25. The van der Waals surface area contributed by atoms with Crippen molar-refractivity contribution in [3.8, 4) is 0 Å². The van der Waals surface area contributed by atoms with Gasteiger partial charge in [-0.25, -0.2) is 0 Å². The van der Waals surface area contributed by atoms with Crippen LogP contribution in [0.25, 0.3) is 0 Å². The minimum Gasteiger partial charge on any atom is -0.385 e. The zero-order chi connectivity index (χ0) is 12.4. The Morgan fingerprint density at radius 3 is 1.67 bits per heavy atom. The van der Waals surface area contributed by atoms with E-state index in [2.05, 4.69) is 4.74 Å².